The zero-order chi connectivity index (χ0) is 13.7. The Labute approximate surface area is 116 Å². The molecule has 19 heavy (non-hydrogen) atoms. The van der Waals surface area contributed by atoms with Gasteiger partial charge in [0.2, 0.25) is 5.13 Å². The van der Waals surface area contributed by atoms with Crippen LogP contribution in [0.25, 0.3) is 0 Å². The molecule has 0 bridgehead atoms. The van der Waals surface area contributed by atoms with Gasteiger partial charge in [0.25, 0.3) is 0 Å². The highest BCUT2D eigenvalue weighted by Crippen LogP contribution is 2.27. The summed E-state index contributed by atoms with van der Waals surface area (Å²) < 4.78 is 5.35. The second kappa shape index (κ2) is 6.38. The lowest BCUT2D eigenvalue weighted by molar-refractivity contribution is 0.318. The van der Waals surface area contributed by atoms with E-state index >= 15 is 0 Å². The second-order valence-electron chi connectivity index (χ2n) is 3.94. The molecule has 2 aromatic rings. The number of ether oxygens (including phenoxy) is 1. The van der Waals surface area contributed by atoms with Crippen LogP contribution in [0.4, 0.5) is 5.13 Å². The first-order valence-corrected chi connectivity index (χ1v) is 7.05. The number of phenolic OH excluding ortho intramolecular Hbond substituents is 1. The molecule has 0 aliphatic rings. The summed E-state index contributed by atoms with van der Waals surface area (Å²) in [7, 11) is 0. The van der Waals surface area contributed by atoms with Crippen molar-refractivity contribution in [1.29, 1.82) is 0 Å². The molecular weight excluding hydrogens is 262 g/mol. The molecule has 1 aromatic carbocycles. The average molecular weight is 279 g/mol. The van der Waals surface area contributed by atoms with Gasteiger partial charge in [-0.2, -0.15) is 0 Å². The van der Waals surface area contributed by atoms with Crippen molar-refractivity contribution < 1.29 is 9.84 Å². The summed E-state index contributed by atoms with van der Waals surface area (Å²) in [5.41, 5.74) is 1.02. The van der Waals surface area contributed by atoms with Gasteiger partial charge in [0.15, 0.2) is 11.5 Å². The Morgan fingerprint density at radius 3 is 2.84 bits per heavy atom. The Bertz CT molecular complexity index is 542. The van der Waals surface area contributed by atoms with E-state index in [1.807, 2.05) is 19.1 Å². The lowest BCUT2D eigenvalue weighted by Gasteiger charge is -2.08. The first-order chi connectivity index (χ1) is 9.22. The predicted molar refractivity (Wildman–Crippen MR) is 75.9 cm³/mol. The van der Waals surface area contributed by atoms with Crippen molar-refractivity contribution in [2.75, 3.05) is 11.9 Å². The summed E-state index contributed by atoms with van der Waals surface area (Å²) in [5.74, 6) is 0.670. The Balaban J connectivity index is 2.00. The normalized spacial score (nSPS) is 10.4. The third kappa shape index (κ3) is 3.57. The van der Waals surface area contributed by atoms with Crippen LogP contribution >= 0.6 is 11.3 Å². The summed E-state index contributed by atoms with van der Waals surface area (Å²) in [6.45, 7) is 5.09. The zero-order valence-electron chi connectivity index (χ0n) is 11.0. The minimum Gasteiger partial charge on any atom is -0.504 e. The topological polar surface area (TPSA) is 67.3 Å². The number of benzene rings is 1. The fourth-order valence-electron chi connectivity index (χ4n) is 1.59. The highest BCUT2D eigenvalue weighted by atomic mass is 32.1. The Morgan fingerprint density at radius 1 is 1.32 bits per heavy atom. The van der Waals surface area contributed by atoms with Crippen LogP contribution in [0.5, 0.6) is 11.5 Å². The van der Waals surface area contributed by atoms with Crippen molar-refractivity contribution in [3.8, 4) is 11.5 Å². The molecule has 0 aliphatic heterocycles. The number of hydrogen-bond donors (Lipinski definition) is 2. The molecule has 1 aromatic heterocycles. The van der Waals surface area contributed by atoms with E-state index in [2.05, 4.69) is 22.4 Å². The van der Waals surface area contributed by atoms with E-state index in [0.717, 1.165) is 22.1 Å². The molecule has 0 spiro atoms. The maximum atomic E-state index is 9.62. The SMILES string of the molecule is CCOc1cc(CNc2nnc(CC)s2)ccc1O. The number of aryl methyl sites for hydroxylation is 1. The lowest BCUT2D eigenvalue weighted by Crippen LogP contribution is -2.00. The van der Waals surface area contributed by atoms with Gasteiger partial charge in [0.1, 0.15) is 5.01 Å². The molecule has 5 nitrogen and oxygen atoms in total. The lowest BCUT2D eigenvalue weighted by atomic mass is 10.2. The van der Waals surface area contributed by atoms with Crippen LogP contribution in [0, 0.1) is 0 Å². The van der Waals surface area contributed by atoms with Crippen LogP contribution in [-0.2, 0) is 13.0 Å². The number of hydrogen-bond acceptors (Lipinski definition) is 6. The van der Waals surface area contributed by atoms with Gasteiger partial charge in [-0.1, -0.05) is 24.3 Å². The van der Waals surface area contributed by atoms with Gasteiger partial charge in [-0.25, -0.2) is 0 Å². The first kappa shape index (κ1) is 13.6. The smallest absolute Gasteiger partial charge is 0.205 e. The van der Waals surface area contributed by atoms with Gasteiger partial charge in [-0.3, -0.25) is 0 Å². The Kier molecular flexibility index (Phi) is 4.57. The summed E-state index contributed by atoms with van der Waals surface area (Å²) in [4.78, 5) is 0. The van der Waals surface area contributed by atoms with E-state index < -0.39 is 0 Å². The summed E-state index contributed by atoms with van der Waals surface area (Å²) in [6.07, 6.45) is 0.896. The largest absolute Gasteiger partial charge is 0.504 e. The second-order valence-corrected chi connectivity index (χ2v) is 5.01. The highest BCUT2D eigenvalue weighted by Gasteiger charge is 2.05. The molecule has 6 heteroatoms. The van der Waals surface area contributed by atoms with Crippen molar-refractivity contribution in [3.05, 3.63) is 28.8 Å². The van der Waals surface area contributed by atoms with Crippen molar-refractivity contribution in [1.82, 2.24) is 10.2 Å². The fraction of sp³-hybridized carbons (Fsp3) is 0.385. The van der Waals surface area contributed by atoms with Gasteiger partial charge < -0.3 is 15.2 Å². The van der Waals surface area contributed by atoms with E-state index in [4.69, 9.17) is 4.74 Å². The molecule has 0 radical (unpaired) electrons. The number of nitrogens with one attached hydrogen (secondary N) is 1. The van der Waals surface area contributed by atoms with Crippen molar-refractivity contribution >= 4 is 16.5 Å². The van der Waals surface area contributed by atoms with Gasteiger partial charge in [-0.05, 0) is 31.0 Å². The summed E-state index contributed by atoms with van der Waals surface area (Å²) in [5, 5.41) is 22.8. The molecular formula is C13H17N3O2S. The van der Waals surface area contributed by atoms with E-state index in [-0.39, 0.29) is 5.75 Å². The maximum Gasteiger partial charge on any atom is 0.205 e. The van der Waals surface area contributed by atoms with Crippen LogP contribution in [0.2, 0.25) is 0 Å². The van der Waals surface area contributed by atoms with Gasteiger partial charge in [0.05, 0.1) is 6.61 Å². The van der Waals surface area contributed by atoms with Crippen molar-refractivity contribution in [2.24, 2.45) is 0 Å². The molecule has 102 valence electrons. The Morgan fingerprint density at radius 2 is 2.16 bits per heavy atom. The standard InChI is InChI=1S/C13H17N3O2S/c1-3-12-15-16-13(19-12)14-8-9-5-6-10(17)11(7-9)18-4-2/h5-7,17H,3-4,8H2,1-2H3,(H,14,16). The van der Waals surface area contributed by atoms with E-state index in [1.54, 1.807) is 17.4 Å². The monoisotopic (exact) mass is 279 g/mol. The maximum absolute atomic E-state index is 9.62. The molecule has 2 N–H and O–H groups in total. The number of phenols is 1. The molecule has 0 atom stereocenters. The molecule has 0 unspecified atom stereocenters. The minimum absolute atomic E-state index is 0.162. The molecule has 0 fully saturated rings. The van der Waals surface area contributed by atoms with Crippen LogP contribution in [-0.4, -0.2) is 21.9 Å². The quantitative estimate of drug-likeness (QED) is 0.851. The van der Waals surface area contributed by atoms with Crippen molar-refractivity contribution in [2.45, 2.75) is 26.8 Å². The number of anilines is 1. The number of aromatic hydroxyl groups is 1. The number of aromatic nitrogens is 2. The zero-order valence-corrected chi connectivity index (χ0v) is 11.8. The fourth-order valence-corrected chi connectivity index (χ4v) is 2.26. The van der Waals surface area contributed by atoms with Gasteiger partial charge >= 0.3 is 0 Å². The summed E-state index contributed by atoms with van der Waals surface area (Å²) in [6, 6.07) is 5.32. The van der Waals surface area contributed by atoms with E-state index in [9.17, 15) is 5.11 Å². The van der Waals surface area contributed by atoms with Gasteiger partial charge in [0, 0.05) is 6.54 Å². The third-order valence-corrected chi connectivity index (χ3v) is 3.56. The molecule has 1 heterocycles. The van der Waals surface area contributed by atoms with Gasteiger partial charge in [-0.15, -0.1) is 10.2 Å². The number of rotatable bonds is 6. The molecule has 0 amide bonds. The van der Waals surface area contributed by atoms with E-state index in [1.165, 1.54) is 0 Å². The molecule has 2 rings (SSSR count). The molecule has 0 saturated carbocycles. The average Bonchev–Trinajstić information content (AvgIpc) is 2.88. The van der Waals surface area contributed by atoms with Crippen LogP contribution in [0.1, 0.15) is 24.4 Å². The van der Waals surface area contributed by atoms with Crippen LogP contribution < -0.4 is 10.1 Å². The van der Waals surface area contributed by atoms with Crippen LogP contribution in [0.15, 0.2) is 18.2 Å². The van der Waals surface area contributed by atoms with Crippen LogP contribution in [0.3, 0.4) is 0 Å². The Hall–Kier alpha value is -1.82. The first-order valence-electron chi connectivity index (χ1n) is 6.23. The summed E-state index contributed by atoms with van der Waals surface area (Å²) >= 11 is 1.56. The minimum atomic E-state index is 0.162. The van der Waals surface area contributed by atoms with E-state index in [0.29, 0.717) is 18.9 Å². The molecule has 0 saturated heterocycles. The third-order valence-electron chi connectivity index (χ3n) is 2.54. The predicted octanol–water partition coefficient (Wildman–Crippen LogP) is 2.82. The highest BCUT2D eigenvalue weighted by molar-refractivity contribution is 7.15. The van der Waals surface area contributed by atoms with Crippen molar-refractivity contribution in [3.63, 3.8) is 0 Å². The number of nitrogens with zero attached hydrogens (tertiary/aromatic N) is 2. The molecule has 0 aliphatic carbocycles.